The molecule has 0 aliphatic heterocycles. The summed E-state index contributed by atoms with van der Waals surface area (Å²) in [6.45, 7) is 4.42. The Morgan fingerprint density at radius 2 is 2.22 bits per heavy atom. The Morgan fingerprint density at radius 1 is 1.50 bits per heavy atom. The van der Waals surface area contributed by atoms with Crippen molar-refractivity contribution in [1.29, 1.82) is 0 Å². The van der Waals surface area contributed by atoms with E-state index in [4.69, 9.17) is 10.8 Å². The zero-order valence-corrected chi connectivity index (χ0v) is 10.0. The normalized spacial score (nSPS) is 12.5. The fourth-order valence-corrected chi connectivity index (χ4v) is 2.10. The Morgan fingerprint density at radius 3 is 2.89 bits per heavy atom. The number of aliphatic carboxylic acids is 1. The lowest BCUT2D eigenvalue weighted by Crippen LogP contribution is -2.32. The number of hydrogen-bond donors (Lipinski definition) is 2. The molecule has 4 heteroatoms. The minimum absolute atomic E-state index is 0.333. The van der Waals surface area contributed by atoms with Crippen LogP contribution in [0.25, 0.3) is 10.9 Å². The second-order valence-electron chi connectivity index (χ2n) is 4.26. The molecule has 0 fully saturated rings. The molecule has 0 aliphatic rings. The number of hydrogen-bond acceptors (Lipinski definition) is 2. The number of rotatable bonds is 5. The highest BCUT2D eigenvalue weighted by atomic mass is 16.4. The van der Waals surface area contributed by atoms with E-state index in [0.29, 0.717) is 13.0 Å². The molecule has 0 spiro atoms. The molecule has 94 valence electrons. The van der Waals surface area contributed by atoms with Crippen LogP contribution in [0, 0.1) is 0 Å². The summed E-state index contributed by atoms with van der Waals surface area (Å²) in [6, 6.07) is 7.03. The van der Waals surface area contributed by atoms with Crippen molar-refractivity contribution in [2.75, 3.05) is 0 Å². The molecule has 3 N–H and O–H groups in total. The summed E-state index contributed by atoms with van der Waals surface area (Å²) in [7, 11) is 0. The van der Waals surface area contributed by atoms with E-state index in [1.807, 2.05) is 41.1 Å². The number of benzene rings is 1. The van der Waals surface area contributed by atoms with Crippen LogP contribution >= 0.6 is 0 Å². The standard InChI is InChI=1S/C14H16N2O2/c1-2-7-16-9-10(8-12(15)14(17)18)11-5-3-4-6-13(11)16/h2-6,9,12H,1,7-8,15H2,(H,17,18)/t12-/m0/s1. The molecule has 2 rings (SSSR count). The van der Waals surface area contributed by atoms with Crippen molar-refractivity contribution in [2.45, 2.75) is 19.0 Å². The van der Waals surface area contributed by atoms with Crippen LogP contribution in [-0.4, -0.2) is 21.7 Å². The SMILES string of the molecule is C=CCn1cc(C[C@H](N)C(=O)O)c2ccccc21. The number of carboxylic acids is 1. The molecular formula is C14H16N2O2. The first-order valence-electron chi connectivity index (χ1n) is 5.79. The summed E-state index contributed by atoms with van der Waals surface area (Å²) in [6.07, 6.45) is 4.10. The van der Waals surface area contributed by atoms with E-state index in [9.17, 15) is 4.79 Å². The van der Waals surface area contributed by atoms with Crippen LogP contribution in [0.5, 0.6) is 0 Å². The number of carboxylic acid groups (broad SMARTS) is 1. The molecule has 2 aromatic rings. The maximum absolute atomic E-state index is 10.8. The summed E-state index contributed by atoms with van der Waals surface area (Å²) in [5.74, 6) is -0.976. The first-order valence-corrected chi connectivity index (χ1v) is 5.79. The number of carbonyl (C=O) groups is 1. The van der Waals surface area contributed by atoms with Crippen LogP contribution in [0.15, 0.2) is 43.1 Å². The molecule has 1 aromatic heterocycles. The van der Waals surface area contributed by atoms with E-state index < -0.39 is 12.0 Å². The minimum Gasteiger partial charge on any atom is -0.480 e. The van der Waals surface area contributed by atoms with E-state index in [0.717, 1.165) is 16.5 Å². The lowest BCUT2D eigenvalue weighted by molar-refractivity contribution is -0.138. The summed E-state index contributed by atoms with van der Waals surface area (Å²) in [5.41, 5.74) is 7.63. The van der Waals surface area contributed by atoms with Gasteiger partial charge >= 0.3 is 5.97 Å². The van der Waals surface area contributed by atoms with E-state index in [-0.39, 0.29) is 0 Å². The van der Waals surface area contributed by atoms with Crippen molar-refractivity contribution < 1.29 is 9.90 Å². The van der Waals surface area contributed by atoms with E-state index in [1.54, 1.807) is 0 Å². The van der Waals surface area contributed by atoms with Crippen molar-refractivity contribution >= 4 is 16.9 Å². The molecule has 0 bridgehead atoms. The first-order chi connectivity index (χ1) is 8.63. The topological polar surface area (TPSA) is 68.2 Å². The summed E-state index contributed by atoms with van der Waals surface area (Å²) >= 11 is 0. The third-order valence-corrected chi connectivity index (χ3v) is 2.95. The fourth-order valence-electron chi connectivity index (χ4n) is 2.10. The van der Waals surface area contributed by atoms with Crippen molar-refractivity contribution in [1.82, 2.24) is 4.57 Å². The van der Waals surface area contributed by atoms with Gasteiger partial charge < -0.3 is 15.4 Å². The van der Waals surface area contributed by atoms with Gasteiger partial charge in [0.25, 0.3) is 0 Å². The quantitative estimate of drug-likeness (QED) is 0.788. The lowest BCUT2D eigenvalue weighted by atomic mass is 10.1. The van der Waals surface area contributed by atoms with Gasteiger partial charge in [-0.05, 0) is 11.6 Å². The number of para-hydroxylation sites is 1. The Hall–Kier alpha value is -2.07. The van der Waals surface area contributed by atoms with Gasteiger partial charge in [-0.3, -0.25) is 4.79 Å². The van der Waals surface area contributed by atoms with E-state index in [1.165, 1.54) is 0 Å². The van der Waals surface area contributed by atoms with Crippen LogP contribution < -0.4 is 5.73 Å². The smallest absolute Gasteiger partial charge is 0.320 e. The zero-order valence-electron chi connectivity index (χ0n) is 10.0. The minimum atomic E-state index is -0.976. The van der Waals surface area contributed by atoms with Crippen molar-refractivity contribution in [2.24, 2.45) is 5.73 Å². The average Bonchev–Trinajstić information content (AvgIpc) is 2.69. The molecule has 0 saturated heterocycles. The van der Waals surface area contributed by atoms with Gasteiger partial charge in [0.1, 0.15) is 6.04 Å². The molecule has 0 amide bonds. The second kappa shape index (κ2) is 5.06. The van der Waals surface area contributed by atoms with E-state index >= 15 is 0 Å². The highest BCUT2D eigenvalue weighted by Gasteiger charge is 2.15. The molecule has 1 aromatic carbocycles. The molecule has 0 radical (unpaired) electrons. The van der Waals surface area contributed by atoms with Crippen LogP contribution in [0.3, 0.4) is 0 Å². The summed E-state index contributed by atoms with van der Waals surface area (Å²) < 4.78 is 2.05. The Kier molecular flexibility index (Phi) is 3.48. The van der Waals surface area contributed by atoms with Gasteiger partial charge in [-0.15, -0.1) is 6.58 Å². The predicted octanol–water partition coefficient (Wildman–Crippen LogP) is 1.78. The number of aromatic nitrogens is 1. The number of fused-ring (bicyclic) bond motifs is 1. The van der Waals surface area contributed by atoms with Crippen molar-refractivity contribution in [3.8, 4) is 0 Å². The van der Waals surface area contributed by atoms with Gasteiger partial charge in [0, 0.05) is 30.1 Å². The molecule has 18 heavy (non-hydrogen) atoms. The summed E-state index contributed by atoms with van der Waals surface area (Å²) in [5, 5.41) is 9.93. The maximum atomic E-state index is 10.8. The lowest BCUT2D eigenvalue weighted by Gasteiger charge is -2.04. The van der Waals surface area contributed by atoms with Gasteiger partial charge in [0.2, 0.25) is 0 Å². The van der Waals surface area contributed by atoms with Crippen LogP contribution in [-0.2, 0) is 17.8 Å². The predicted molar refractivity (Wildman–Crippen MR) is 71.5 cm³/mol. The Balaban J connectivity index is 2.44. The van der Waals surface area contributed by atoms with Crippen LogP contribution in [0.1, 0.15) is 5.56 Å². The number of nitrogens with zero attached hydrogens (tertiary/aromatic N) is 1. The molecular weight excluding hydrogens is 228 g/mol. The van der Waals surface area contributed by atoms with Gasteiger partial charge in [0.05, 0.1) is 0 Å². The third kappa shape index (κ3) is 2.28. The Labute approximate surface area is 105 Å². The first kappa shape index (κ1) is 12.4. The zero-order chi connectivity index (χ0) is 13.1. The molecule has 0 aliphatic carbocycles. The van der Waals surface area contributed by atoms with Crippen LogP contribution in [0.2, 0.25) is 0 Å². The largest absolute Gasteiger partial charge is 0.480 e. The van der Waals surface area contributed by atoms with Gasteiger partial charge in [0.15, 0.2) is 0 Å². The molecule has 4 nitrogen and oxygen atoms in total. The van der Waals surface area contributed by atoms with Crippen molar-refractivity contribution in [3.05, 3.63) is 48.7 Å². The van der Waals surface area contributed by atoms with Crippen molar-refractivity contribution in [3.63, 3.8) is 0 Å². The number of nitrogens with two attached hydrogens (primary N) is 1. The maximum Gasteiger partial charge on any atom is 0.320 e. The highest BCUT2D eigenvalue weighted by molar-refractivity contribution is 5.85. The van der Waals surface area contributed by atoms with Gasteiger partial charge in [-0.25, -0.2) is 0 Å². The average molecular weight is 244 g/mol. The second-order valence-corrected chi connectivity index (χ2v) is 4.26. The Bertz CT molecular complexity index is 586. The van der Waals surface area contributed by atoms with Gasteiger partial charge in [-0.2, -0.15) is 0 Å². The van der Waals surface area contributed by atoms with Gasteiger partial charge in [-0.1, -0.05) is 24.3 Å². The fraction of sp³-hybridized carbons (Fsp3) is 0.214. The summed E-state index contributed by atoms with van der Waals surface area (Å²) in [4.78, 5) is 10.8. The highest BCUT2D eigenvalue weighted by Crippen LogP contribution is 2.22. The monoisotopic (exact) mass is 244 g/mol. The van der Waals surface area contributed by atoms with E-state index in [2.05, 4.69) is 6.58 Å². The number of allylic oxidation sites excluding steroid dienone is 1. The molecule has 0 saturated carbocycles. The molecule has 1 atom stereocenters. The molecule has 1 heterocycles. The van der Waals surface area contributed by atoms with Crippen LogP contribution in [0.4, 0.5) is 0 Å². The molecule has 0 unspecified atom stereocenters. The third-order valence-electron chi connectivity index (χ3n) is 2.95.